The second-order valence-electron chi connectivity index (χ2n) is 4.87. The minimum atomic E-state index is 0.148. The maximum atomic E-state index is 6.11. The molecule has 1 aliphatic rings. The monoisotopic (exact) mass is 254 g/mol. The molecular formula is C13H22N2O3. The van der Waals surface area contributed by atoms with E-state index in [1.54, 1.807) is 7.11 Å². The van der Waals surface area contributed by atoms with Crippen LogP contribution < -0.4 is 5.73 Å². The van der Waals surface area contributed by atoms with Crippen molar-refractivity contribution < 1.29 is 14.0 Å². The summed E-state index contributed by atoms with van der Waals surface area (Å²) in [5.41, 5.74) is 6.91. The Hall–Kier alpha value is -0.910. The minimum Gasteiger partial charge on any atom is -0.377 e. The van der Waals surface area contributed by atoms with Crippen LogP contribution in [0.2, 0.25) is 0 Å². The molecule has 5 nitrogen and oxygen atoms in total. The Morgan fingerprint density at radius 2 is 2.17 bits per heavy atom. The molecule has 0 bridgehead atoms. The summed E-state index contributed by atoms with van der Waals surface area (Å²) >= 11 is 0. The Kier molecular flexibility index (Phi) is 5.16. The third kappa shape index (κ3) is 3.80. The second kappa shape index (κ2) is 6.87. The van der Waals surface area contributed by atoms with E-state index in [4.69, 9.17) is 19.7 Å². The van der Waals surface area contributed by atoms with E-state index < -0.39 is 0 Å². The highest BCUT2D eigenvalue weighted by Gasteiger charge is 2.21. The standard InChI is InChI=1S/C13H22N2O3/c1-16-9-11-7-10(15-18-11)8-17-13-6-4-2-3-5-12(13)14/h7,12-13H,2-6,8-9,14H2,1H3. The summed E-state index contributed by atoms with van der Waals surface area (Å²) in [5.74, 6) is 0.723. The van der Waals surface area contributed by atoms with Crippen molar-refractivity contribution in [3.63, 3.8) is 0 Å². The van der Waals surface area contributed by atoms with Gasteiger partial charge in [0.05, 0.1) is 12.7 Å². The van der Waals surface area contributed by atoms with Crippen molar-refractivity contribution >= 4 is 0 Å². The van der Waals surface area contributed by atoms with Crippen LogP contribution in [0.4, 0.5) is 0 Å². The summed E-state index contributed by atoms with van der Waals surface area (Å²) in [7, 11) is 1.63. The predicted molar refractivity (Wildman–Crippen MR) is 66.9 cm³/mol. The van der Waals surface area contributed by atoms with E-state index in [-0.39, 0.29) is 12.1 Å². The largest absolute Gasteiger partial charge is 0.377 e. The summed E-state index contributed by atoms with van der Waals surface area (Å²) in [4.78, 5) is 0. The molecule has 0 aromatic carbocycles. The molecule has 5 heteroatoms. The number of rotatable bonds is 5. The van der Waals surface area contributed by atoms with Gasteiger partial charge in [-0.15, -0.1) is 0 Å². The zero-order valence-corrected chi connectivity index (χ0v) is 10.9. The third-order valence-electron chi connectivity index (χ3n) is 3.34. The summed E-state index contributed by atoms with van der Waals surface area (Å²) in [6.07, 6.45) is 5.92. The number of aromatic nitrogens is 1. The molecule has 0 spiro atoms. The molecule has 1 saturated carbocycles. The van der Waals surface area contributed by atoms with Crippen LogP contribution in [-0.2, 0) is 22.7 Å². The quantitative estimate of drug-likeness (QED) is 0.814. The zero-order valence-electron chi connectivity index (χ0n) is 10.9. The molecular weight excluding hydrogens is 232 g/mol. The van der Waals surface area contributed by atoms with Crippen LogP contribution in [0.3, 0.4) is 0 Å². The van der Waals surface area contributed by atoms with Gasteiger partial charge < -0.3 is 19.7 Å². The maximum absolute atomic E-state index is 6.11. The molecule has 0 saturated heterocycles. The van der Waals surface area contributed by atoms with Gasteiger partial charge in [0.15, 0.2) is 5.76 Å². The van der Waals surface area contributed by atoms with Crippen molar-refractivity contribution in [2.75, 3.05) is 7.11 Å². The molecule has 0 radical (unpaired) electrons. The van der Waals surface area contributed by atoms with Gasteiger partial charge in [0.25, 0.3) is 0 Å². The Morgan fingerprint density at radius 1 is 1.33 bits per heavy atom. The Morgan fingerprint density at radius 3 is 3.00 bits per heavy atom. The van der Waals surface area contributed by atoms with E-state index >= 15 is 0 Å². The van der Waals surface area contributed by atoms with Crippen LogP contribution in [0.1, 0.15) is 43.6 Å². The first kappa shape index (κ1) is 13.5. The van der Waals surface area contributed by atoms with E-state index in [2.05, 4.69) is 5.16 Å². The first-order valence-corrected chi connectivity index (χ1v) is 6.60. The first-order valence-electron chi connectivity index (χ1n) is 6.60. The normalized spacial score (nSPS) is 25.0. The lowest BCUT2D eigenvalue weighted by molar-refractivity contribution is 0.0166. The van der Waals surface area contributed by atoms with Crippen molar-refractivity contribution in [1.29, 1.82) is 0 Å². The Bertz CT molecular complexity index is 354. The molecule has 1 fully saturated rings. The van der Waals surface area contributed by atoms with Gasteiger partial charge in [-0.1, -0.05) is 24.4 Å². The molecule has 0 amide bonds. The lowest BCUT2D eigenvalue weighted by Gasteiger charge is -2.21. The number of methoxy groups -OCH3 is 1. The SMILES string of the molecule is COCc1cc(COC2CCCCCC2N)no1. The van der Waals surface area contributed by atoms with Crippen LogP contribution in [0.15, 0.2) is 10.6 Å². The summed E-state index contributed by atoms with van der Waals surface area (Å²) < 4.78 is 15.9. The number of hydrogen-bond acceptors (Lipinski definition) is 5. The highest BCUT2D eigenvalue weighted by atomic mass is 16.5. The highest BCUT2D eigenvalue weighted by molar-refractivity contribution is 5.03. The number of hydrogen-bond donors (Lipinski definition) is 1. The first-order chi connectivity index (χ1) is 8.79. The molecule has 18 heavy (non-hydrogen) atoms. The predicted octanol–water partition coefficient (Wildman–Crippen LogP) is 2.00. The maximum Gasteiger partial charge on any atom is 0.162 e. The zero-order chi connectivity index (χ0) is 12.8. The van der Waals surface area contributed by atoms with E-state index in [1.165, 1.54) is 19.3 Å². The van der Waals surface area contributed by atoms with E-state index in [9.17, 15) is 0 Å². The fraction of sp³-hybridized carbons (Fsp3) is 0.769. The summed E-state index contributed by atoms with van der Waals surface area (Å²) in [5, 5.41) is 3.95. The van der Waals surface area contributed by atoms with Crippen LogP contribution in [-0.4, -0.2) is 24.4 Å². The molecule has 2 unspecified atom stereocenters. The van der Waals surface area contributed by atoms with Crippen LogP contribution >= 0.6 is 0 Å². The fourth-order valence-electron chi connectivity index (χ4n) is 2.34. The fourth-order valence-corrected chi connectivity index (χ4v) is 2.34. The lowest BCUT2D eigenvalue weighted by atomic mass is 10.1. The van der Waals surface area contributed by atoms with Crippen LogP contribution in [0.5, 0.6) is 0 Å². The Balaban J connectivity index is 1.81. The van der Waals surface area contributed by atoms with Crippen molar-refractivity contribution in [2.45, 2.75) is 57.5 Å². The van der Waals surface area contributed by atoms with Gasteiger partial charge in [-0.3, -0.25) is 0 Å². The average molecular weight is 254 g/mol. The molecule has 1 heterocycles. The van der Waals surface area contributed by atoms with Gasteiger partial charge in [-0.25, -0.2) is 0 Å². The van der Waals surface area contributed by atoms with E-state index in [0.29, 0.717) is 13.2 Å². The molecule has 2 atom stereocenters. The van der Waals surface area contributed by atoms with Crippen molar-refractivity contribution in [2.24, 2.45) is 5.73 Å². The van der Waals surface area contributed by atoms with Gasteiger partial charge in [-0.2, -0.15) is 0 Å². The minimum absolute atomic E-state index is 0.148. The van der Waals surface area contributed by atoms with Crippen molar-refractivity contribution in [1.82, 2.24) is 5.16 Å². The summed E-state index contributed by atoms with van der Waals surface area (Å²) in [6, 6.07) is 2.02. The number of nitrogens with zero attached hydrogens (tertiary/aromatic N) is 1. The van der Waals surface area contributed by atoms with Crippen LogP contribution in [0.25, 0.3) is 0 Å². The molecule has 2 N–H and O–H groups in total. The van der Waals surface area contributed by atoms with Gasteiger partial charge in [0, 0.05) is 19.2 Å². The molecule has 102 valence electrons. The molecule has 1 aliphatic carbocycles. The van der Waals surface area contributed by atoms with Gasteiger partial charge in [0.1, 0.15) is 12.3 Å². The summed E-state index contributed by atoms with van der Waals surface area (Å²) in [6.45, 7) is 0.904. The average Bonchev–Trinajstić information content (AvgIpc) is 2.70. The second-order valence-corrected chi connectivity index (χ2v) is 4.87. The molecule has 0 aliphatic heterocycles. The highest BCUT2D eigenvalue weighted by Crippen LogP contribution is 2.20. The number of ether oxygens (including phenoxy) is 2. The third-order valence-corrected chi connectivity index (χ3v) is 3.34. The van der Waals surface area contributed by atoms with E-state index in [0.717, 1.165) is 24.3 Å². The Labute approximate surface area is 108 Å². The molecule has 1 aromatic heterocycles. The van der Waals surface area contributed by atoms with Gasteiger partial charge in [-0.05, 0) is 12.8 Å². The van der Waals surface area contributed by atoms with Crippen LogP contribution in [0, 0.1) is 0 Å². The molecule has 2 rings (SSSR count). The van der Waals surface area contributed by atoms with Crippen molar-refractivity contribution in [3.8, 4) is 0 Å². The topological polar surface area (TPSA) is 70.5 Å². The lowest BCUT2D eigenvalue weighted by Crippen LogP contribution is -2.35. The van der Waals surface area contributed by atoms with Gasteiger partial charge in [0.2, 0.25) is 0 Å². The number of nitrogens with two attached hydrogens (primary N) is 1. The molecule has 1 aromatic rings. The van der Waals surface area contributed by atoms with Gasteiger partial charge >= 0.3 is 0 Å². The van der Waals surface area contributed by atoms with Crippen molar-refractivity contribution in [3.05, 3.63) is 17.5 Å². The van der Waals surface area contributed by atoms with E-state index in [1.807, 2.05) is 6.07 Å². The smallest absolute Gasteiger partial charge is 0.162 e.